The van der Waals surface area contributed by atoms with Crippen LogP contribution in [0.4, 0.5) is 26.3 Å². The monoisotopic (exact) mass is 340 g/mol. The first-order valence-corrected chi connectivity index (χ1v) is 5.68. The zero-order valence-corrected chi connectivity index (χ0v) is 9.78. The van der Waals surface area contributed by atoms with Crippen molar-refractivity contribution in [2.24, 2.45) is 0 Å². The Kier molecular flexibility index (Phi) is 5.27. The Morgan fingerprint density at radius 1 is 1.06 bits per heavy atom. The molecule has 12 heteroatoms. The molecule has 98 valence electrons. The topological polar surface area (TPSA) is 44.8 Å². The Morgan fingerprint density at radius 3 is 1.56 bits per heavy atom. The lowest BCUT2D eigenvalue weighted by atomic mass is 10.9. The third-order valence-electron chi connectivity index (χ3n) is 0.705. The van der Waals surface area contributed by atoms with Crippen molar-refractivity contribution in [3.63, 3.8) is 0 Å². The van der Waals surface area contributed by atoms with Gasteiger partial charge in [0.25, 0.3) is 0 Å². The first-order chi connectivity index (χ1) is 6.83. The number of hydrogen-bond donors (Lipinski definition) is 0. The summed E-state index contributed by atoms with van der Waals surface area (Å²) in [6.07, 6.45) is -11.2. The molecule has 0 bridgehead atoms. The Hall–Kier alpha value is 0.170. The lowest BCUT2D eigenvalue weighted by molar-refractivity contribution is -0.315. The Balaban J connectivity index is 4.83. The Bertz CT molecular complexity index is 255. The first kappa shape index (κ1) is 16.2. The molecule has 0 aromatic heterocycles. The molecule has 0 heterocycles. The van der Waals surface area contributed by atoms with Gasteiger partial charge in [-0.1, -0.05) is 15.9 Å². The molecule has 0 saturated carbocycles. The van der Waals surface area contributed by atoms with Crippen LogP contribution < -0.4 is 0 Å². The molecular formula is C4H4BrF6O4P. The number of phosphoric ester groups is 1. The largest absolute Gasteiger partial charge is 0.531 e. The molecule has 0 aromatic carbocycles. The van der Waals surface area contributed by atoms with Crippen LogP contribution in [0.15, 0.2) is 0 Å². The summed E-state index contributed by atoms with van der Waals surface area (Å²) in [5, 5.41) is -1.40. The summed E-state index contributed by atoms with van der Waals surface area (Å²) < 4.78 is 89.9. The third kappa shape index (κ3) is 8.34. The molecule has 0 N–H and O–H groups in total. The number of phosphoric acid groups is 1. The van der Waals surface area contributed by atoms with E-state index in [0.717, 1.165) is 6.92 Å². The second kappa shape index (κ2) is 5.21. The van der Waals surface area contributed by atoms with E-state index in [4.69, 9.17) is 0 Å². The molecule has 0 rings (SSSR count). The summed E-state index contributed by atoms with van der Waals surface area (Å²) in [4.78, 5) is 0. The fourth-order valence-electron chi connectivity index (χ4n) is 0.493. The van der Waals surface area contributed by atoms with Crippen molar-refractivity contribution in [3.05, 3.63) is 0 Å². The van der Waals surface area contributed by atoms with Crippen LogP contribution in [0.5, 0.6) is 0 Å². The minimum atomic E-state index is -5.82. The van der Waals surface area contributed by atoms with Crippen molar-refractivity contribution in [2.45, 2.75) is 24.7 Å². The summed E-state index contributed by atoms with van der Waals surface area (Å²) in [6.45, 7) is 0.978. The van der Waals surface area contributed by atoms with Gasteiger partial charge in [-0.2, -0.15) is 9.05 Å². The van der Waals surface area contributed by atoms with Crippen molar-refractivity contribution >= 4 is 23.8 Å². The molecule has 1 unspecified atom stereocenters. The van der Waals surface area contributed by atoms with Crippen molar-refractivity contribution in [2.75, 3.05) is 0 Å². The van der Waals surface area contributed by atoms with Crippen molar-refractivity contribution < 1.29 is 44.5 Å². The van der Waals surface area contributed by atoms with Crippen LogP contribution >= 0.6 is 23.8 Å². The molecule has 0 radical (unpaired) electrons. The van der Waals surface area contributed by atoms with Gasteiger partial charge in [-0.05, 0) is 6.92 Å². The summed E-state index contributed by atoms with van der Waals surface area (Å²) >= 11 is 2.44. The van der Waals surface area contributed by atoms with E-state index in [9.17, 15) is 30.9 Å². The fraction of sp³-hybridized carbons (Fsp3) is 1.00. The lowest BCUT2D eigenvalue weighted by Gasteiger charge is -2.20. The minimum Gasteiger partial charge on any atom is -0.272 e. The maximum Gasteiger partial charge on any atom is 0.531 e. The molecule has 16 heavy (non-hydrogen) atoms. The van der Waals surface area contributed by atoms with Crippen molar-refractivity contribution in [3.8, 4) is 0 Å². The van der Waals surface area contributed by atoms with Crippen LogP contribution in [0.25, 0.3) is 0 Å². The third-order valence-corrected chi connectivity index (χ3v) is 2.62. The van der Waals surface area contributed by atoms with Gasteiger partial charge in [0.1, 0.15) is 5.01 Å². The van der Waals surface area contributed by atoms with Gasteiger partial charge in [0.15, 0.2) is 0 Å². The summed E-state index contributed by atoms with van der Waals surface area (Å²) in [5.74, 6) is 0. The SMILES string of the molecule is CC(Br)OP(=O)(OC(F)(F)F)OC(F)(F)F. The summed E-state index contributed by atoms with van der Waals surface area (Å²) in [7, 11) is -5.82. The van der Waals surface area contributed by atoms with Crippen LogP contribution in [0.3, 0.4) is 0 Å². The maximum atomic E-state index is 11.6. The number of rotatable bonds is 4. The molecule has 0 spiro atoms. The average molecular weight is 341 g/mol. The molecule has 0 aromatic rings. The van der Waals surface area contributed by atoms with E-state index >= 15 is 0 Å². The number of alkyl halides is 7. The predicted octanol–water partition coefficient (Wildman–Crippen LogP) is 3.92. The lowest BCUT2D eigenvalue weighted by Crippen LogP contribution is -2.20. The van der Waals surface area contributed by atoms with E-state index < -0.39 is 25.6 Å². The molecule has 4 nitrogen and oxygen atoms in total. The van der Waals surface area contributed by atoms with E-state index in [1.165, 1.54) is 0 Å². The molecule has 0 amide bonds. The molecule has 0 fully saturated rings. The van der Waals surface area contributed by atoms with E-state index in [-0.39, 0.29) is 0 Å². The number of halogens is 7. The van der Waals surface area contributed by atoms with Crippen molar-refractivity contribution in [1.82, 2.24) is 0 Å². The standard InChI is InChI=1S/C4H4BrF6O4P/c1-2(5)13-16(12,14-3(6,7)8)15-4(9,10)11/h2H,1H3. The quantitative estimate of drug-likeness (QED) is 0.442. The van der Waals surface area contributed by atoms with Crippen LogP contribution in [-0.4, -0.2) is 17.7 Å². The van der Waals surface area contributed by atoms with E-state index in [2.05, 4.69) is 29.5 Å². The zero-order valence-electron chi connectivity index (χ0n) is 7.30. The summed E-state index contributed by atoms with van der Waals surface area (Å²) in [6, 6.07) is 0. The predicted molar refractivity (Wildman–Crippen MR) is 41.4 cm³/mol. The Labute approximate surface area is 93.6 Å². The normalized spacial score (nSPS) is 16.2. The minimum absolute atomic E-state index is 0.978. The van der Waals surface area contributed by atoms with E-state index in [0.29, 0.717) is 0 Å². The number of hydrogen-bond acceptors (Lipinski definition) is 4. The van der Waals surface area contributed by atoms with Gasteiger partial charge < -0.3 is 0 Å². The molecule has 0 aliphatic carbocycles. The second-order valence-electron chi connectivity index (χ2n) is 2.17. The Morgan fingerprint density at radius 2 is 1.38 bits per heavy atom. The van der Waals surface area contributed by atoms with E-state index in [1.807, 2.05) is 0 Å². The van der Waals surface area contributed by atoms with Crippen LogP contribution in [0, 0.1) is 0 Å². The van der Waals surface area contributed by atoms with Gasteiger partial charge in [0.05, 0.1) is 0 Å². The van der Waals surface area contributed by atoms with E-state index in [1.54, 1.807) is 0 Å². The van der Waals surface area contributed by atoms with Gasteiger partial charge >= 0.3 is 20.5 Å². The average Bonchev–Trinajstić information content (AvgIpc) is 1.69. The highest BCUT2D eigenvalue weighted by atomic mass is 79.9. The zero-order chi connectivity index (χ0) is 13.2. The van der Waals surface area contributed by atoms with Crippen LogP contribution in [-0.2, 0) is 18.1 Å². The van der Waals surface area contributed by atoms with Gasteiger partial charge in [-0.3, -0.25) is 4.52 Å². The fourth-order valence-corrected chi connectivity index (χ4v) is 2.09. The molecule has 0 aliphatic heterocycles. The first-order valence-electron chi connectivity index (χ1n) is 3.30. The van der Waals surface area contributed by atoms with Crippen LogP contribution in [0.1, 0.15) is 6.92 Å². The highest BCUT2D eigenvalue weighted by Crippen LogP contribution is 2.58. The summed E-state index contributed by atoms with van der Waals surface area (Å²) in [5.41, 5.74) is 0. The van der Waals surface area contributed by atoms with Gasteiger partial charge in [-0.25, -0.2) is 4.57 Å². The van der Waals surface area contributed by atoms with Gasteiger partial charge in [-0.15, -0.1) is 26.3 Å². The molecule has 0 saturated heterocycles. The van der Waals surface area contributed by atoms with Crippen molar-refractivity contribution in [1.29, 1.82) is 0 Å². The van der Waals surface area contributed by atoms with Crippen LogP contribution in [0.2, 0.25) is 0 Å². The molecule has 1 atom stereocenters. The van der Waals surface area contributed by atoms with Gasteiger partial charge in [0.2, 0.25) is 0 Å². The second-order valence-corrected chi connectivity index (χ2v) is 4.93. The molecule has 0 aliphatic rings. The van der Waals surface area contributed by atoms with Gasteiger partial charge in [0, 0.05) is 0 Å². The smallest absolute Gasteiger partial charge is 0.272 e. The highest BCUT2D eigenvalue weighted by molar-refractivity contribution is 9.09. The molecular weight excluding hydrogens is 337 g/mol. The highest BCUT2D eigenvalue weighted by Gasteiger charge is 2.50. The maximum absolute atomic E-state index is 11.6.